The van der Waals surface area contributed by atoms with E-state index in [1.54, 1.807) is 6.07 Å². The molecule has 0 saturated carbocycles. The lowest BCUT2D eigenvalue weighted by Crippen LogP contribution is -2.37. The number of amidine groups is 1. The maximum Gasteiger partial charge on any atom is 0.430 e. The van der Waals surface area contributed by atoms with E-state index >= 15 is 0 Å². The van der Waals surface area contributed by atoms with Crippen LogP contribution in [-0.2, 0) is 24.9 Å². The number of fused-ring (bicyclic) bond motifs is 1. The van der Waals surface area contributed by atoms with Crippen molar-refractivity contribution in [2.75, 3.05) is 5.73 Å². The van der Waals surface area contributed by atoms with Gasteiger partial charge in [0.15, 0.2) is 12.4 Å². The van der Waals surface area contributed by atoms with Crippen molar-refractivity contribution in [3.63, 3.8) is 0 Å². The van der Waals surface area contributed by atoms with Crippen LogP contribution in [0.15, 0.2) is 73.1 Å². The number of carboxylic acids is 1. The number of rotatable bonds is 6. The molecule has 4 rings (SSSR count). The predicted octanol–water partition coefficient (Wildman–Crippen LogP) is 1.61. The lowest BCUT2D eigenvalue weighted by Gasteiger charge is -2.12. The number of amides is 1. The Morgan fingerprint density at radius 1 is 1.05 bits per heavy atom. The molecule has 2 heterocycles. The zero-order valence-electron chi connectivity index (χ0n) is 20.3. The third kappa shape index (κ3) is 7.09. The standard InChI is InChI=1S/C24H24N6O.C2HF3O2/c1-29-9-7-16(8-10-29)14-28-24(31)22-13-19-12-20(25)5-6-21(19)30(22)15-17-3-2-4-18(11-17)23(26)27;3-2(4,5)1(6)7/h2-13H,14-15,25H2,1H3,(H3-,26,27,28,31);(H,6,7). The van der Waals surface area contributed by atoms with Crippen molar-refractivity contribution >= 4 is 34.3 Å². The zero-order chi connectivity index (χ0) is 28.0. The van der Waals surface area contributed by atoms with Crippen LogP contribution in [0.1, 0.15) is 27.2 Å². The second-order valence-corrected chi connectivity index (χ2v) is 8.39. The number of nitrogens with one attached hydrogen (secondary N) is 2. The Bertz CT molecular complexity index is 1480. The quantitative estimate of drug-likeness (QED) is 0.130. The number of benzene rings is 2. The van der Waals surface area contributed by atoms with Gasteiger partial charge in [-0.1, -0.05) is 18.2 Å². The first-order valence-corrected chi connectivity index (χ1v) is 11.2. The van der Waals surface area contributed by atoms with E-state index in [4.69, 9.17) is 26.8 Å². The Kier molecular flexibility index (Phi) is 8.36. The molecule has 6 N–H and O–H groups in total. The number of hydrogen-bond donors (Lipinski definition) is 4. The molecule has 0 aliphatic carbocycles. The lowest BCUT2D eigenvalue weighted by atomic mass is 10.1. The first-order chi connectivity index (χ1) is 17.8. The van der Waals surface area contributed by atoms with Crippen LogP contribution in [0, 0.1) is 5.41 Å². The lowest BCUT2D eigenvalue weighted by molar-refractivity contribution is -0.671. The van der Waals surface area contributed by atoms with Crippen molar-refractivity contribution < 1.29 is 32.4 Å². The predicted molar refractivity (Wildman–Crippen MR) is 133 cm³/mol. The topological polar surface area (TPSA) is 154 Å². The average Bonchev–Trinajstić information content (AvgIpc) is 3.20. The molecular formula is C26H25F3N6O3. The summed E-state index contributed by atoms with van der Waals surface area (Å²) in [5.41, 5.74) is 16.3. The molecule has 0 aliphatic heterocycles. The van der Waals surface area contributed by atoms with Crippen molar-refractivity contribution in [1.82, 2.24) is 9.88 Å². The van der Waals surface area contributed by atoms with Gasteiger partial charge >= 0.3 is 6.18 Å². The zero-order valence-corrected chi connectivity index (χ0v) is 20.3. The summed E-state index contributed by atoms with van der Waals surface area (Å²) in [6, 6.07) is 18.9. The number of nitrogens with two attached hydrogens (primary N) is 2. The van der Waals surface area contributed by atoms with E-state index in [1.165, 1.54) is 0 Å². The molecule has 2 aromatic carbocycles. The van der Waals surface area contributed by atoms with E-state index in [1.807, 2.05) is 83.2 Å². The van der Waals surface area contributed by atoms with Gasteiger partial charge in [-0.3, -0.25) is 10.2 Å². The third-order valence-corrected chi connectivity index (χ3v) is 5.47. The van der Waals surface area contributed by atoms with Gasteiger partial charge in [-0.15, -0.1) is 0 Å². The van der Waals surface area contributed by atoms with E-state index < -0.39 is 12.1 Å². The van der Waals surface area contributed by atoms with E-state index in [0.717, 1.165) is 22.0 Å². The molecule has 38 heavy (non-hydrogen) atoms. The number of halogens is 3. The number of anilines is 1. The highest BCUT2D eigenvalue weighted by Gasteiger charge is 2.28. The van der Waals surface area contributed by atoms with Crippen molar-refractivity contribution in [3.8, 4) is 0 Å². The third-order valence-electron chi connectivity index (χ3n) is 5.47. The number of carboxylic acid groups (broad SMARTS) is 1. The molecule has 12 heteroatoms. The highest BCUT2D eigenvalue weighted by Crippen LogP contribution is 2.24. The van der Waals surface area contributed by atoms with Crippen molar-refractivity contribution in [2.24, 2.45) is 12.8 Å². The summed E-state index contributed by atoms with van der Waals surface area (Å²) in [6.07, 6.45) is -1.30. The number of aliphatic carboxylic acids is 1. The van der Waals surface area contributed by atoms with Gasteiger partial charge in [-0.2, -0.15) is 13.2 Å². The maximum atomic E-state index is 13.1. The van der Waals surface area contributed by atoms with E-state index in [0.29, 0.717) is 30.0 Å². The summed E-state index contributed by atoms with van der Waals surface area (Å²) >= 11 is 0. The highest BCUT2D eigenvalue weighted by molar-refractivity contribution is 5.99. The van der Waals surface area contributed by atoms with Crippen LogP contribution < -0.4 is 26.5 Å². The number of nitrogen functional groups attached to an aromatic ring is 2. The monoisotopic (exact) mass is 526 g/mol. The molecule has 198 valence electrons. The van der Waals surface area contributed by atoms with Crippen LogP contribution in [0.3, 0.4) is 0 Å². The van der Waals surface area contributed by atoms with Gasteiger partial charge < -0.3 is 31.3 Å². The fraction of sp³-hybridized carbons (Fsp3) is 0.154. The number of aromatic nitrogens is 2. The first-order valence-electron chi connectivity index (χ1n) is 11.2. The Balaban J connectivity index is 0.000000505. The molecule has 0 bridgehead atoms. The summed E-state index contributed by atoms with van der Waals surface area (Å²) in [6.45, 7) is 0.904. The van der Waals surface area contributed by atoms with E-state index in [2.05, 4.69) is 5.32 Å². The number of carbonyl (C=O) groups excluding carboxylic acids is 2. The summed E-state index contributed by atoms with van der Waals surface area (Å²) in [5.74, 6) is -3.15. The van der Waals surface area contributed by atoms with Gasteiger partial charge in [0.1, 0.15) is 24.5 Å². The van der Waals surface area contributed by atoms with Gasteiger partial charge in [0.05, 0.1) is 0 Å². The van der Waals surface area contributed by atoms with Crippen LogP contribution in [0.2, 0.25) is 0 Å². The number of hydrogen-bond acceptors (Lipinski definition) is 5. The first kappa shape index (κ1) is 27.7. The molecule has 0 aliphatic rings. The molecular weight excluding hydrogens is 501 g/mol. The summed E-state index contributed by atoms with van der Waals surface area (Å²) in [4.78, 5) is 21.9. The van der Waals surface area contributed by atoms with Crippen LogP contribution in [0.25, 0.3) is 10.9 Å². The largest absolute Gasteiger partial charge is 0.542 e. The molecule has 0 radical (unpaired) electrons. The fourth-order valence-electron chi connectivity index (χ4n) is 3.59. The SMILES string of the molecule is C[n+]1ccc(CNC(=O)c2cc3cc(N)ccc3n2Cc2cccc(C(=N)N)c2)cc1.O=C([O-])C(F)(F)F. The minimum Gasteiger partial charge on any atom is -0.542 e. The Morgan fingerprint density at radius 3 is 2.32 bits per heavy atom. The van der Waals surface area contributed by atoms with Gasteiger partial charge in [0, 0.05) is 47.4 Å². The second kappa shape index (κ2) is 11.5. The number of carbonyl (C=O) groups is 2. The fourth-order valence-corrected chi connectivity index (χ4v) is 3.59. The van der Waals surface area contributed by atoms with Gasteiger partial charge in [-0.25, -0.2) is 4.57 Å². The van der Waals surface area contributed by atoms with Gasteiger partial charge in [0.25, 0.3) is 5.91 Å². The van der Waals surface area contributed by atoms with E-state index in [9.17, 15) is 18.0 Å². The van der Waals surface area contributed by atoms with Crippen LogP contribution in [-0.4, -0.2) is 28.5 Å². The van der Waals surface area contributed by atoms with E-state index in [-0.39, 0.29) is 11.7 Å². The Hall–Kier alpha value is -4.87. The smallest absolute Gasteiger partial charge is 0.430 e. The molecule has 0 saturated heterocycles. The molecule has 2 aromatic heterocycles. The molecule has 0 atom stereocenters. The Morgan fingerprint density at radius 2 is 1.71 bits per heavy atom. The normalized spacial score (nSPS) is 10.9. The summed E-state index contributed by atoms with van der Waals surface area (Å²) in [7, 11) is 1.95. The second-order valence-electron chi connectivity index (χ2n) is 8.39. The molecule has 1 amide bonds. The van der Waals surface area contributed by atoms with Gasteiger partial charge in [-0.05, 0) is 41.5 Å². The molecule has 0 spiro atoms. The van der Waals surface area contributed by atoms with Gasteiger partial charge in [0.2, 0.25) is 0 Å². The molecule has 4 aromatic rings. The number of nitrogens with zero attached hydrogens (tertiary/aromatic N) is 2. The van der Waals surface area contributed by atoms with Crippen LogP contribution in [0.5, 0.6) is 0 Å². The maximum absolute atomic E-state index is 13.1. The average molecular weight is 527 g/mol. The number of aryl methyl sites for hydroxylation is 1. The van der Waals surface area contributed by atoms with Crippen molar-refractivity contribution in [1.29, 1.82) is 5.41 Å². The molecule has 0 fully saturated rings. The highest BCUT2D eigenvalue weighted by atomic mass is 19.4. The van der Waals surface area contributed by atoms with Crippen molar-refractivity contribution in [3.05, 3.63) is 95.4 Å². The number of pyridine rings is 1. The molecule has 0 unspecified atom stereocenters. The molecule has 9 nitrogen and oxygen atoms in total. The summed E-state index contributed by atoms with van der Waals surface area (Å²) < 4.78 is 35.5. The van der Waals surface area contributed by atoms with Crippen molar-refractivity contribution in [2.45, 2.75) is 19.3 Å². The minimum atomic E-state index is -5.19. The van der Waals surface area contributed by atoms with Crippen LogP contribution >= 0.6 is 0 Å². The number of alkyl halides is 3. The summed E-state index contributed by atoms with van der Waals surface area (Å²) in [5, 5.41) is 20.4. The minimum absolute atomic E-state index is 0.0150. The Labute approximate surface area is 215 Å². The van der Waals surface area contributed by atoms with Crippen LogP contribution in [0.4, 0.5) is 18.9 Å².